The standard InChI is InChI=1S/C9H16N2OS/c1-10-7-8(12)11(2)9(10)3-5-13-6-4-9/h3-7H2,1-2H3. The first-order valence-corrected chi connectivity index (χ1v) is 5.88. The molecule has 3 nitrogen and oxygen atoms in total. The Hall–Kier alpha value is -0.220. The minimum absolute atomic E-state index is 0.0579. The summed E-state index contributed by atoms with van der Waals surface area (Å²) in [5, 5.41) is 0. The van der Waals surface area contributed by atoms with E-state index in [1.165, 1.54) is 11.5 Å². The van der Waals surface area contributed by atoms with Crippen molar-refractivity contribution in [2.45, 2.75) is 18.5 Å². The van der Waals surface area contributed by atoms with E-state index in [1.807, 2.05) is 23.7 Å². The molecule has 13 heavy (non-hydrogen) atoms. The summed E-state index contributed by atoms with van der Waals surface area (Å²) in [5.41, 5.74) is 0.0579. The number of nitrogens with zero attached hydrogens (tertiary/aromatic N) is 2. The van der Waals surface area contributed by atoms with Gasteiger partial charge in [0.2, 0.25) is 5.91 Å². The van der Waals surface area contributed by atoms with Gasteiger partial charge in [-0.1, -0.05) is 0 Å². The first-order chi connectivity index (χ1) is 6.17. The highest BCUT2D eigenvalue weighted by molar-refractivity contribution is 7.99. The molecule has 0 atom stereocenters. The lowest BCUT2D eigenvalue weighted by molar-refractivity contribution is -0.129. The van der Waals surface area contributed by atoms with Gasteiger partial charge in [-0.05, 0) is 31.4 Å². The smallest absolute Gasteiger partial charge is 0.238 e. The van der Waals surface area contributed by atoms with Crippen molar-refractivity contribution < 1.29 is 4.79 Å². The van der Waals surface area contributed by atoms with Gasteiger partial charge in [0, 0.05) is 7.05 Å². The third-order valence-electron chi connectivity index (χ3n) is 3.37. The van der Waals surface area contributed by atoms with E-state index >= 15 is 0 Å². The molecular formula is C9H16N2OS. The van der Waals surface area contributed by atoms with Crippen molar-refractivity contribution in [2.75, 3.05) is 32.1 Å². The summed E-state index contributed by atoms with van der Waals surface area (Å²) >= 11 is 2.00. The molecule has 2 aliphatic rings. The van der Waals surface area contributed by atoms with E-state index in [2.05, 4.69) is 11.9 Å². The summed E-state index contributed by atoms with van der Waals surface area (Å²) < 4.78 is 0. The van der Waals surface area contributed by atoms with E-state index in [4.69, 9.17) is 0 Å². The van der Waals surface area contributed by atoms with Gasteiger partial charge in [0.25, 0.3) is 0 Å². The van der Waals surface area contributed by atoms with Crippen LogP contribution in [0.5, 0.6) is 0 Å². The zero-order valence-electron chi connectivity index (χ0n) is 8.25. The zero-order chi connectivity index (χ0) is 9.47. The normalized spacial score (nSPS) is 28.8. The Kier molecular flexibility index (Phi) is 2.28. The fourth-order valence-electron chi connectivity index (χ4n) is 2.36. The van der Waals surface area contributed by atoms with Gasteiger partial charge in [0.1, 0.15) is 0 Å². The fraction of sp³-hybridized carbons (Fsp3) is 0.889. The van der Waals surface area contributed by atoms with Crippen molar-refractivity contribution in [3.8, 4) is 0 Å². The molecule has 2 saturated heterocycles. The maximum Gasteiger partial charge on any atom is 0.238 e. The van der Waals surface area contributed by atoms with Gasteiger partial charge in [0.05, 0.1) is 12.2 Å². The Morgan fingerprint density at radius 2 is 1.92 bits per heavy atom. The van der Waals surface area contributed by atoms with Gasteiger partial charge in [0.15, 0.2) is 0 Å². The van der Waals surface area contributed by atoms with Gasteiger partial charge in [-0.2, -0.15) is 11.8 Å². The topological polar surface area (TPSA) is 23.6 Å². The van der Waals surface area contributed by atoms with Crippen LogP contribution in [0, 0.1) is 0 Å². The predicted molar refractivity (Wildman–Crippen MR) is 54.7 cm³/mol. The van der Waals surface area contributed by atoms with E-state index in [0.717, 1.165) is 12.8 Å². The predicted octanol–water partition coefficient (Wildman–Crippen LogP) is 0.613. The molecule has 0 aromatic heterocycles. The van der Waals surface area contributed by atoms with Crippen molar-refractivity contribution in [2.24, 2.45) is 0 Å². The second-order valence-electron chi connectivity index (χ2n) is 3.90. The second-order valence-corrected chi connectivity index (χ2v) is 5.13. The maximum absolute atomic E-state index is 11.5. The first-order valence-electron chi connectivity index (χ1n) is 4.72. The molecular weight excluding hydrogens is 184 g/mol. The molecule has 1 amide bonds. The lowest BCUT2D eigenvalue weighted by atomic mass is 10.0. The number of hydrogen-bond donors (Lipinski definition) is 0. The van der Waals surface area contributed by atoms with Crippen LogP contribution >= 0.6 is 11.8 Å². The first kappa shape index (κ1) is 9.34. The van der Waals surface area contributed by atoms with Gasteiger partial charge in [-0.25, -0.2) is 0 Å². The Morgan fingerprint density at radius 1 is 1.31 bits per heavy atom. The highest BCUT2D eigenvalue weighted by atomic mass is 32.2. The average Bonchev–Trinajstić information content (AvgIpc) is 2.34. The average molecular weight is 200 g/mol. The molecule has 0 N–H and O–H groups in total. The van der Waals surface area contributed by atoms with E-state index in [9.17, 15) is 4.79 Å². The van der Waals surface area contributed by atoms with Crippen LogP contribution in [0.1, 0.15) is 12.8 Å². The molecule has 2 rings (SSSR count). The largest absolute Gasteiger partial charge is 0.326 e. The quantitative estimate of drug-likeness (QED) is 0.572. The van der Waals surface area contributed by atoms with Gasteiger partial charge < -0.3 is 4.90 Å². The molecule has 0 saturated carbocycles. The monoisotopic (exact) mass is 200 g/mol. The van der Waals surface area contributed by atoms with E-state index in [-0.39, 0.29) is 11.6 Å². The minimum atomic E-state index is 0.0579. The van der Waals surface area contributed by atoms with E-state index in [1.54, 1.807) is 0 Å². The van der Waals surface area contributed by atoms with Crippen molar-refractivity contribution in [3.63, 3.8) is 0 Å². The molecule has 2 aliphatic heterocycles. The third kappa shape index (κ3) is 1.27. The van der Waals surface area contributed by atoms with Crippen LogP contribution in [0.2, 0.25) is 0 Å². The molecule has 0 aromatic carbocycles. The molecule has 2 fully saturated rings. The number of likely N-dealkylation sites (N-methyl/N-ethyl adjacent to an activating group) is 2. The summed E-state index contributed by atoms with van der Waals surface area (Å²) in [6.07, 6.45) is 2.24. The molecule has 0 bridgehead atoms. The summed E-state index contributed by atoms with van der Waals surface area (Å²) in [7, 11) is 4.01. The van der Waals surface area contributed by atoms with Gasteiger partial charge in [-0.3, -0.25) is 9.69 Å². The van der Waals surface area contributed by atoms with Gasteiger partial charge in [-0.15, -0.1) is 0 Å². The molecule has 0 aromatic rings. The Labute approximate surface area is 83.5 Å². The van der Waals surface area contributed by atoms with Gasteiger partial charge >= 0.3 is 0 Å². The number of rotatable bonds is 0. The van der Waals surface area contributed by atoms with Crippen LogP contribution in [0.4, 0.5) is 0 Å². The summed E-state index contributed by atoms with van der Waals surface area (Å²) in [5.74, 6) is 2.64. The number of thioether (sulfide) groups is 1. The molecule has 1 spiro atoms. The Bertz CT molecular complexity index is 226. The van der Waals surface area contributed by atoms with Crippen LogP contribution in [0.15, 0.2) is 0 Å². The maximum atomic E-state index is 11.5. The lowest BCUT2D eigenvalue weighted by Gasteiger charge is -2.43. The molecule has 0 unspecified atom stereocenters. The highest BCUT2D eigenvalue weighted by Crippen LogP contribution is 2.37. The lowest BCUT2D eigenvalue weighted by Crippen LogP contribution is -2.53. The number of carbonyl (C=O) groups excluding carboxylic acids is 1. The summed E-state index contributed by atoms with van der Waals surface area (Å²) in [6.45, 7) is 0.598. The zero-order valence-corrected chi connectivity index (χ0v) is 9.06. The van der Waals surface area contributed by atoms with Crippen LogP contribution in [0.3, 0.4) is 0 Å². The Balaban J connectivity index is 2.23. The molecule has 0 aliphatic carbocycles. The molecule has 74 valence electrons. The Morgan fingerprint density at radius 3 is 2.38 bits per heavy atom. The van der Waals surface area contributed by atoms with E-state index < -0.39 is 0 Å². The second kappa shape index (κ2) is 3.17. The van der Waals surface area contributed by atoms with Crippen LogP contribution in [-0.2, 0) is 4.79 Å². The highest BCUT2D eigenvalue weighted by Gasteiger charge is 2.47. The molecule has 0 radical (unpaired) electrons. The molecule has 4 heteroatoms. The summed E-state index contributed by atoms with van der Waals surface area (Å²) in [4.78, 5) is 15.7. The molecule has 2 heterocycles. The summed E-state index contributed by atoms with van der Waals surface area (Å²) in [6, 6.07) is 0. The van der Waals surface area contributed by atoms with Crippen LogP contribution in [0.25, 0.3) is 0 Å². The van der Waals surface area contributed by atoms with Crippen molar-refractivity contribution in [1.82, 2.24) is 9.80 Å². The third-order valence-corrected chi connectivity index (χ3v) is 4.36. The van der Waals surface area contributed by atoms with Crippen molar-refractivity contribution in [3.05, 3.63) is 0 Å². The van der Waals surface area contributed by atoms with E-state index in [0.29, 0.717) is 6.54 Å². The minimum Gasteiger partial charge on any atom is -0.326 e. The number of carbonyl (C=O) groups is 1. The number of hydrogen-bond acceptors (Lipinski definition) is 3. The number of amides is 1. The van der Waals surface area contributed by atoms with Crippen LogP contribution in [-0.4, -0.2) is 53.5 Å². The van der Waals surface area contributed by atoms with Crippen molar-refractivity contribution in [1.29, 1.82) is 0 Å². The van der Waals surface area contributed by atoms with Crippen molar-refractivity contribution >= 4 is 17.7 Å². The van der Waals surface area contributed by atoms with Crippen LogP contribution < -0.4 is 0 Å². The SMILES string of the molecule is CN1CC(=O)N(C)C12CCSCC2. The fourth-order valence-corrected chi connectivity index (χ4v) is 3.51.